The minimum Gasteiger partial charge on any atom is -0.330 e. The topological polar surface area (TPSA) is 46.3 Å². The van der Waals surface area contributed by atoms with Gasteiger partial charge in [-0.25, -0.2) is 4.39 Å². The summed E-state index contributed by atoms with van der Waals surface area (Å²) in [4.78, 5) is 14.3. The first-order valence-electron chi connectivity index (χ1n) is 7.51. The fourth-order valence-corrected chi connectivity index (χ4v) is 3.65. The van der Waals surface area contributed by atoms with Crippen molar-refractivity contribution in [2.75, 3.05) is 11.4 Å². The van der Waals surface area contributed by atoms with E-state index in [1.165, 1.54) is 12.5 Å². The van der Waals surface area contributed by atoms with Crippen LogP contribution in [0.25, 0.3) is 0 Å². The van der Waals surface area contributed by atoms with Crippen LogP contribution >= 0.6 is 0 Å². The first-order chi connectivity index (χ1) is 9.70. The lowest BCUT2D eigenvalue weighted by Gasteiger charge is -2.42. The number of hydrogen-bond acceptors (Lipinski definition) is 2. The summed E-state index contributed by atoms with van der Waals surface area (Å²) in [5.74, 6) is 0.301. The number of fused-ring (bicyclic) bond motifs is 1. The average Bonchev–Trinajstić information content (AvgIpc) is 2.47. The third-order valence-corrected chi connectivity index (χ3v) is 4.68. The summed E-state index contributed by atoms with van der Waals surface area (Å²) in [6.07, 6.45) is 5.54. The minimum absolute atomic E-state index is 0.162. The Morgan fingerprint density at radius 1 is 1.25 bits per heavy atom. The minimum atomic E-state index is -0.225. The van der Waals surface area contributed by atoms with Gasteiger partial charge in [-0.3, -0.25) is 4.79 Å². The van der Waals surface area contributed by atoms with Gasteiger partial charge in [0.25, 0.3) is 0 Å². The lowest BCUT2D eigenvalue weighted by atomic mass is 9.82. The molecule has 2 N–H and O–H groups in total. The molecular formula is C16H21FN2O. The zero-order valence-electron chi connectivity index (χ0n) is 11.6. The van der Waals surface area contributed by atoms with Crippen molar-refractivity contribution in [1.82, 2.24) is 0 Å². The Balaban J connectivity index is 1.97. The molecule has 1 amide bonds. The molecular weight excluding hydrogens is 255 g/mol. The third-order valence-electron chi connectivity index (χ3n) is 4.68. The van der Waals surface area contributed by atoms with Crippen LogP contribution in [0.15, 0.2) is 18.2 Å². The molecule has 2 unspecified atom stereocenters. The zero-order chi connectivity index (χ0) is 14.1. The molecule has 1 aliphatic heterocycles. The summed E-state index contributed by atoms with van der Waals surface area (Å²) >= 11 is 0. The summed E-state index contributed by atoms with van der Waals surface area (Å²) in [6.45, 7) is 0.616. The maximum Gasteiger partial charge on any atom is 0.227 e. The molecule has 3 rings (SSSR count). The number of carbonyl (C=O) groups excluding carboxylic acids is 1. The van der Waals surface area contributed by atoms with E-state index >= 15 is 0 Å². The second kappa shape index (κ2) is 5.52. The van der Waals surface area contributed by atoms with Crippen molar-refractivity contribution < 1.29 is 9.18 Å². The van der Waals surface area contributed by atoms with Crippen molar-refractivity contribution in [2.45, 2.75) is 44.6 Å². The Hall–Kier alpha value is -1.42. The van der Waals surface area contributed by atoms with E-state index in [1.807, 2.05) is 4.90 Å². The fraction of sp³-hybridized carbons (Fsp3) is 0.562. The molecule has 1 aromatic carbocycles. The van der Waals surface area contributed by atoms with E-state index in [9.17, 15) is 9.18 Å². The molecule has 20 heavy (non-hydrogen) atoms. The lowest BCUT2D eigenvalue weighted by molar-refractivity contribution is -0.119. The number of aryl methyl sites for hydroxylation is 1. The van der Waals surface area contributed by atoms with E-state index in [2.05, 4.69) is 0 Å². The van der Waals surface area contributed by atoms with Crippen LogP contribution in [0, 0.1) is 11.7 Å². The van der Waals surface area contributed by atoms with Gasteiger partial charge in [-0.1, -0.05) is 12.8 Å². The highest BCUT2D eigenvalue weighted by molar-refractivity contribution is 5.97. The van der Waals surface area contributed by atoms with E-state index in [-0.39, 0.29) is 17.8 Å². The number of nitrogens with two attached hydrogens (primary N) is 1. The quantitative estimate of drug-likeness (QED) is 0.902. The molecule has 108 valence electrons. The van der Waals surface area contributed by atoms with Gasteiger partial charge in [0.1, 0.15) is 5.82 Å². The maximum atomic E-state index is 13.4. The van der Waals surface area contributed by atoms with Gasteiger partial charge < -0.3 is 10.6 Å². The van der Waals surface area contributed by atoms with Crippen molar-refractivity contribution >= 4 is 11.6 Å². The SMILES string of the molecule is NCC1CCCCC1N1C(=O)CCc2cc(F)ccc21. The van der Waals surface area contributed by atoms with Crippen LogP contribution in [-0.2, 0) is 11.2 Å². The molecule has 0 radical (unpaired) electrons. The zero-order valence-corrected chi connectivity index (χ0v) is 11.6. The smallest absolute Gasteiger partial charge is 0.227 e. The maximum absolute atomic E-state index is 13.4. The summed E-state index contributed by atoms with van der Waals surface area (Å²) < 4.78 is 13.4. The van der Waals surface area contributed by atoms with Crippen LogP contribution in [0.5, 0.6) is 0 Å². The number of rotatable bonds is 2. The Morgan fingerprint density at radius 2 is 2.05 bits per heavy atom. The van der Waals surface area contributed by atoms with E-state index < -0.39 is 0 Å². The molecule has 1 heterocycles. The highest BCUT2D eigenvalue weighted by Gasteiger charge is 2.35. The van der Waals surface area contributed by atoms with Crippen LogP contribution < -0.4 is 10.6 Å². The second-order valence-electron chi connectivity index (χ2n) is 5.88. The number of hydrogen-bond donors (Lipinski definition) is 1. The molecule has 0 bridgehead atoms. The molecule has 1 fully saturated rings. The van der Waals surface area contributed by atoms with Crippen LogP contribution in [0.4, 0.5) is 10.1 Å². The van der Waals surface area contributed by atoms with Crippen molar-refractivity contribution in [3.63, 3.8) is 0 Å². The molecule has 0 spiro atoms. The molecule has 4 heteroatoms. The van der Waals surface area contributed by atoms with Crippen molar-refractivity contribution in [2.24, 2.45) is 11.7 Å². The Morgan fingerprint density at radius 3 is 2.85 bits per heavy atom. The second-order valence-corrected chi connectivity index (χ2v) is 5.88. The number of amides is 1. The predicted octanol–water partition coefficient (Wildman–Crippen LogP) is 2.62. The lowest BCUT2D eigenvalue weighted by Crippen LogP contribution is -2.50. The molecule has 0 aromatic heterocycles. The van der Waals surface area contributed by atoms with Crippen LogP contribution in [-0.4, -0.2) is 18.5 Å². The molecule has 0 saturated heterocycles. The van der Waals surface area contributed by atoms with Crippen molar-refractivity contribution in [3.8, 4) is 0 Å². The average molecular weight is 276 g/mol. The summed E-state index contributed by atoms with van der Waals surface area (Å²) in [5, 5.41) is 0. The Kier molecular flexibility index (Phi) is 3.74. The predicted molar refractivity (Wildman–Crippen MR) is 77.0 cm³/mol. The first kappa shape index (κ1) is 13.6. The van der Waals surface area contributed by atoms with Crippen molar-refractivity contribution in [1.29, 1.82) is 0 Å². The van der Waals surface area contributed by atoms with Gasteiger partial charge in [0.15, 0.2) is 0 Å². The van der Waals surface area contributed by atoms with Crippen LogP contribution in [0.3, 0.4) is 0 Å². The largest absolute Gasteiger partial charge is 0.330 e. The summed E-state index contributed by atoms with van der Waals surface area (Å²) in [6, 6.07) is 4.95. The summed E-state index contributed by atoms with van der Waals surface area (Å²) in [5.41, 5.74) is 7.74. The molecule has 3 nitrogen and oxygen atoms in total. The van der Waals surface area contributed by atoms with E-state index in [4.69, 9.17) is 5.73 Å². The van der Waals surface area contributed by atoms with Gasteiger partial charge >= 0.3 is 0 Å². The normalized spacial score (nSPS) is 26.5. The first-order valence-corrected chi connectivity index (χ1v) is 7.51. The molecule has 2 atom stereocenters. The molecule has 1 aromatic rings. The highest BCUT2D eigenvalue weighted by Crippen LogP contribution is 2.36. The number of benzene rings is 1. The molecule has 1 aliphatic carbocycles. The number of nitrogens with zero attached hydrogens (tertiary/aromatic N) is 1. The van der Waals surface area contributed by atoms with Crippen molar-refractivity contribution in [3.05, 3.63) is 29.6 Å². The number of anilines is 1. The van der Waals surface area contributed by atoms with Crippen LogP contribution in [0.1, 0.15) is 37.7 Å². The number of halogens is 1. The molecule has 2 aliphatic rings. The Labute approximate surface area is 118 Å². The van der Waals surface area contributed by atoms with Crippen LogP contribution in [0.2, 0.25) is 0 Å². The highest BCUT2D eigenvalue weighted by atomic mass is 19.1. The van der Waals surface area contributed by atoms with Gasteiger partial charge in [0, 0.05) is 18.2 Å². The molecule has 1 saturated carbocycles. The van der Waals surface area contributed by atoms with Gasteiger partial charge in [-0.2, -0.15) is 0 Å². The van der Waals surface area contributed by atoms with Gasteiger partial charge in [-0.15, -0.1) is 0 Å². The number of carbonyl (C=O) groups is 1. The van der Waals surface area contributed by atoms with Gasteiger partial charge in [0.05, 0.1) is 0 Å². The fourth-order valence-electron chi connectivity index (χ4n) is 3.65. The standard InChI is InChI=1S/C16H21FN2O/c17-13-6-7-15-11(9-13)5-8-16(20)19(15)14-4-2-1-3-12(14)10-18/h6-7,9,12,14H,1-5,8,10,18H2. The van der Waals surface area contributed by atoms with E-state index in [0.29, 0.717) is 25.3 Å². The third kappa shape index (κ3) is 2.33. The van der Waals surface area contributed by atoms with Gasteiger partial charge in [0.2, 0.25) is 5.91 Å². The van der Waals surface area contributed by atoms with Gasteiger partial charge in [-0.05, 0) is 55.5 Å². The monoisotopic (exact) mass is 276 g/mol. The Bertz CT molecular complexity index is 517. The van der Waals surface area contributed by atoms with E-state index in [0.717, 1.165) is 30.5 Å². The van der Waals surface area contributed by atoms with E-state index in [1.54, 1.807) is 12.1 Å². The summed E-state index contributed by atoms with van der Waals surface area (Å²) in [7, 11) is 0.